The topological polar surface area (TPSA) is 59.0 Å². The minimum Gasteiger partial charge on any atom is -0.333 e. The summed E-state index contributed by atoms with van der Waals surface area (Å²) in [4.78, 5) is 15.9. The Morgan fingerprint density at radius 1 is 1.47 bits per heavy atom. The van der Waals surface area contributed by atoms with Crippen LogP contribution in [0.4, 0.5) is 5.69 Å². The van der Waals surface area contributed by atoms with Gasteiger partial charge in [0.05, 0.1) is 12.2 Å². The van der Waals surface area contributed by atoms with Crippen molar-refractivity contribution < 1.29 is 4.79 Å². The first-order valence-corrected chi connectivity index (χ1v) is 6.37. The van der Waals surface area contributed by atoms with E-state index >= 15 is 0 Å². The smallest absolute Gasteiger partial charge is 0.230 e. The van der Waals surface area contributed by atoms with Gasteiger partial charge in [-0.1, -0.05) is 12.1 Å². The van der Waals surface area contributed by atoms with Crippen molar-refractivity contribution >= 4 is 11.6 Å². The first-order valence-electron chi connectivity index (χ1n) is 6.37. The molecule has 0 bridgehead atoms. The number of carbonyl (C=O) groups excluding carboxylic acids is 1. The summed E-state index contributed by atoms with van der Waals surface area (Å²) in [5, 5.41) is 6.06. The van der Waals surface area contributed by atoms with Gasteiger partial charge >= 0.3 is 0 Å². The van der Waals surface area contributed by atoms with Crippen LogP contribution in [0.5, 0.6) is 0 Å². The van der Waals surface area contributed by atoms with E-state index in [1.807, 2.05) is 35.0 Å². The summed E-state index contributed by atoms with van der Waals surface area (Å²) in [6.07, 6.45) is 5.46. The Hall–Kier alpha value is -2.14. The molecule has 0 radical (unpaired) electrons. The van der Waals surface area contributed by atoms with Gasteiger partial charge in [-0.3, -0.25) is 4.79 Å². The molecule has 19 heavy (non-hydrogen) atoms. The number of amides is 1. The Morgan fingerprint density at radius 2 is 2.37 bits per heavy atom. The number of hydrogen-bond donors (Lipinski definition) is 2. The molecule has 2 aromatic rings. The lowest BCUT2D eigenvalue weighted by atomic mass is 10.0. The third-order valence-corrected chi connectivity index (χ3v) is 3.27. The van der Waals surface area contributed by atoms with Gasteiger partial charge in [-0.25, -0.2) is 4.98 Å². The fraction of sp³-hybridized carbons (Fsp3) is 0.286. The molecule has 2 N–H and O–H groups in total. The molecule has 5 heteroatoms. The van der Waals surface area contributed by atoms with E-state index in [1.165, 1.54) is 0 Å². The van der Waals surface area contributed by atoms with Crippen LogP contribution in [-0.2, 0) is 11.3 Å². The highest BCUT2D eigenvalue weighted by molar-refractivity contribution is 5.93. The van der Waals surface area contributed by atoms with E-state index in [1.54, 1.807) is 12.5 Å². The van der Waals surface area contributed by atoms with E-state index in [0.717, 1.165) is 30.9 Å². The van der Waals surface area contributed by atoms with E-state index in [-0.39, 0.29) is 11.8 Å². The highest BCUT2D eigenvalue weighted by Gasteiger charge is 2.24. The Kier molecular flexibility index (Phi) is 3.29. The normalized spacial score (nSPS) is 14.9. The molecule has 1 aliphatic heterocycles. The van der Waals surface area contributed by atoms with Crippen LogP contribution >= 0.6 is 0 Å². The maximum absolute atomic E-state index is 11.9. The van der Waals surface area contributed by atoms with Gasteiger partial charge in [-0.2, -0.15) is 0 Å². The standard InChI is InChI=1S/C14H16N4O/c19-14(12-7-16-8-12)17-13-3-1-2-11(6-13)9-18-5-4-15-10-18/h1-6,10,12,16H,7-9H2,(H,17,19). The summed E-state index contributed by atoms with van der Waals surface area (Å²) in [7, 11) is 0. The Morgan fingerprint density at radius 3 is 3.05 bits per heavy atom. The Labute approximate surface area is 111 Å². The molecule has 0 unspecified atom stereocenters. The van der Waals surface area contributed by atoms with Crippen LogP contribution in [0.25, 0.3) is 0 Å². The molecule has 98 valence electrons. The summed E-state index contributed by atoms with van der Waals surface area (Å²) in [6.45, 7) is 2.32. The minimum absolute atomic E-state index is 0.0959. The number of aromatic nitrogens is 2. The summed E-state index contributed by atoms with van der Waals surface area (Å²) in [6, 6.07) is 7.92. The van der Waals surface area contributed by atoms with Crippen molar-refractivity contribution in [3.05, 3.63) is 48.5 Å². The van der Waals surface area contributed by atoms with Crippen molar-refractivity contribution in [1.29, 1.82) is 0 Å². The van der Waals surface area contributed by atoms with Gasteiger partial charge in [-0.05, 0) is 17.7 Å². The number of nitrogens with one attached hydrogen (secondary N) is 2. The molecule has 3 rings (SSSR count). The molecule has 0 aliphatic carbocycles. The number of carbonyl (C=O) groups is 1. The lowest BCUT2D eigenvalue weighted by molar-refractivity contribution is -0.121. The molecule has 0 spiro atoms. The van der Waals surface area contributed by atoms with Crippen molar-refractivity contribution in [2.24, 2.45) is 5.92 Å². The zero-order valence-electron chi connectivity index (χ0n) is 10.5. The van der Waals surface area contributed by atoms with Crippen LogP contribution in [0.15, 0.2) is 43.0 Å². The van der Waals surface area contributed by atoms with Gasteiger partial charge in [0.1, 0.15) is 0 Å². The van der Waals surface area contributed by atoms with Crippen LogP contribution in [0.2, 0.25) is 0 Å². The molecule has 5 nitrogen and oxygen atoms in total. The van der Waals surface area contributed by atoms with Gasteiger partial charge in [0.15, 0.2) is 0 Å². The number of anilines is 1. The zero-order chi connectivity index (χ0) is 13.1. The average Bonchev–Trinajstić information content (AvgIpc) is 2.79. The monoisotopic (exact) mass is 256 g/mol. The molecule has 1 aromatic heterocycles. The van der Waals surface area contributed by atoms with Crippen LogP contribution in [0, 0.1) is 5.92 Å². The first kappa shape index (κ1) is 11.9. The summed E-state index contributed by atoms with van der Waals surface area (Å²) < 4.78 is 2.00. The van der Waals surface area contributed by atoms with Gasteiger partial charge in [0.25, 0.3) is 0 Å². The molecule has 1 aliphatic rings. The predicted octanol–water partition coefficient (Wildman–Crippen LogP) is 1.09. The maximum Gasteiger partial charge on any atom is 0.230 e. The minimum atomic E-state index is 0.0959. The van der Waals surface area contributed by atoms with E-state index in [0.29, 0.717) is 0 Å². The van der Waals surface area contributed by atoms with Crippen LogP contribution < -0.4 is 10.6 Å². The largest absolute Gasteiger partial charge is 0.333 e. The third-order valence-electron chi connectivity index (χ3n) is 3.27. The predicted molar refractivity (Wildman–Crippen MR) is 72.8 cm³/mol. The van der Waals surface area contributed by atoms with E-state index in [9.17, 15) is 4.79 Å². The highest BCUT2D eigenvalue weighted by atomic mass is 16.2. The fourth-order valence-corrected chi connectivity index (χ4v) is 2.06. The van der Waals surface area contributed by atoms with Gasteiger partial charge in [-0.15, -0.1) is 0 Å². The van der Waals surface area contributed by atoms with Crippen molar-refractivity contribution in [3.8, 4) is 0 Å². The summed E-state index contributed by atoms with van der Waals surface area (Å²) in [5.74, 6) is 0.204. The zero-order valence-corrected chi connectivity index (χ0v) is 10.5. The number of benzene rings is 1. The lowest BCUT2D eigenvalue weighted by Crippen LogP contribution is -2.48. The second-order valence-electron chi connectivity index (χ2n) is 4.78. The van der Waals surface area contributed by atoms with Crippen molar-refractivity contribution in [2.75, 3.05) is 18.4 Å². The van der Waals surface area contributed by atoms with E-state index in [2.05, 4.69) is 15.6 Å². The lowest BCUT2D eigenvalue weighted by Gasteiger charge is -2.25. The SMILES string of the molecule is O=C(Nc1cccc(Cn2ccnc2)c1)C1CNC1. The Balaban J connectivity index is 1.67. The number of rotatable bonds is 4. The summed E-state index contributed by atoms with van der Waals surface area (Å²) >= 11 is 0. The average molecular weight is 256 g/mol. The Bertz CT molecular complexity index is 561. The molecule has 1 amide bonds. The molecular formula is C14H16N4O. The van der Waals surface area contributed by atoms with E-state index < -0.39 is 0 Å². The fourth-order valence-electron chi connectivity index (χ4n) is 2.06. The molecule has 1 fully saturated rings. The maximum atomic E-state index is 11.9. The third kappa shape index (κ3) is 2.82. The number of hydrogen-bond acceptors (Lipinski definition) is 3. The molecule has 1 aromatic carbocycles. The van der Waals surface area contributed by atoms with Gasteiger partial charge in [0, 0.05) is 37.7 Å². The van der Waals surface area contributed by atoms with Crippen LogP contribution in [0.1, 0.15) is 5.56 Å². The van der Waals surface area contributed by atoms with Gasteiger partial charge < -0.3 is 15.2 Å². The molecule has 0 saturated carbocycles. The van der Waals surface area contributed by atoms with E-state index in [4.69, 9.17) is 0 Å². The van der Waals surface area contributed by atoms with Crippen molar-refractivity contribution in [3.63, 3.8) is 0 Å². The van der Waals surface area contributed by atoms with Crippen molar-refractivity contribution in [2.45, 2.75) is 6.54 Å². The number of imidazole rings is 1. The summed E-state index contributed by atoms with van der Waals surface area (Å²) in [5.41, 5.74) is 2.00. The quantitative estimate of drug-likeness (QED) is 0.861. The first-order chi connectivity index (χ1) is 9.31. The number of nitrogens with zero attached hydrogens (tertiary/aromatic N) is 2. The molecule has 2 heterocycles. The molecular weight excluding hydrogens is 240 g/mol. The second kappa shape index (κ2) is 5.24. The van der Waals surface area contributed by atoms with Gasteiger partial charge in [0.2, 0.25) is 5.91 Å². The van der Waals surface area contributed by atoms with Crippen LogP contribution in [0.3, 0.4) is 0 Å². The van der Waals surface area contributed by atoms with Crippen LogP contribution in [-0.4, -0.2) is 28.5 Å². The highest BCUT2D eigenvalue weighted by Crippen LogP contribution is 2.14. The molecule has 1 saturated heterocycles. The van der Waals surface area contributed by atoms with Crippen molar-refractivity contribution in [1.82, 2.24) is 14.9 Å². The second-order valence-corrected chi connectivity index (χ2v) is 4.78. The molecule has 0 atom stereocenters.